The van der Waals surface area contributed by atoms with E-state index in [4.69, 9.17) is 0 Å². The first-order valence-corrected chi connectivity index (χ1v) is 5.18. The van der Waals surface area contributed by atoms with Crippen molar-refractivity contribution in [2.75, 3.05) is 7.11 Å². The van der Waals surface area contributed by atoms with Gasteiger partial charge in [0, 0.05) is 23.1 Å². The molecule has 1 aromatic carbocycles. The number of ether oxygens (including phenoxy) is 1. The first-order chi connectivity index (χ1) is 7.31. The number of nitrogens with zero attached hydrogens (tertiary/aromatic N) is 1. The highest BCUT2D eigenvalue weighted by atomic mass is 32.2. The van der Waals surface area contributed by atoms with Crippen molar-refractivity contribution < 1.29 is 9.53 Å². The highest BCUT2D eigenvalue weighted by Gasteiger charge is 2.09. The average Bonchev–Trinajstić information content (AvgIpc) is 2.51. The van der Waals surface area contributed by atoms with Crippen LogP contribution < -0.4 is 0 Å². The fraction of sp³-hybridized carbons (Fsp3) is 0.0909. The molecule has 1 aromatic rings. The maximum absolute atomic E-state index is 11.3. The number of carbonyl (C=O) groups is 1. The molecule has 0 bridgehead atoms. The zero-order chi connectivity index (χ0) is 10.7. The second-order valence-corrected chi connectivity index (χ2v) is 3.78. The molecular formula is C11H9NO2S. The van der Waals surface area contributed by atoms with E-state index < -0.39 is 0 Å². The lowest BCUT2D eigenvalue weighted by Gasteiger charge is -2.03. The van der Waals surface area contributed by atoms with Crippen LogP contribution in [0.25, 0.3) is 6.08 Å². The van der Waals surface area contributed by atoms with E-state index in [1.54, 1.807) is 18.3 Å². The third kappa shape index (κ3) is 2.10. The lowest BCUT2D eigenvalue weighted by molar-refractivity contribution is 0.0600. The molecule has 1 aliphatic heterocycles. The number of rotatable bonds is 1. The molecule has 0 fully saturated rings. The molecule has 15 heavy (non-hydrogen) atoms. The van der Waals surface area contributed by atoms with Gasteiger partial charge >= 0.3 is 5.97 Å². The minimum Gasteiger partial charge on any atom is -0.465 e. The Hall–Kier alpha value is -1.55. The SMILES string of the molecule is COC(=O)c1ccc2c(c1)C=CC=NS2. The second-order valence-electron chi connectivity index (χ2n) is 2.95. The van der Waals surface area contributed by atoms with Crippen molar-refractivity contribution in [2.24, 2.45) is 4.40 Å². The fourth-order valence-electron chi connectivity index (χ4n) is 1.28. The van der Waals surface area contributed by atoms with Crippen LogP contribution in [0.4, 0.5) is 0 Å². The molecule has 4 heteroatoms. The number of hydrogen-bond acceptors (Lipinski definition) is 4. The molecule has 0 spiro atoms. The first kappa shape index (κ1) is 9.98. The van der Waals surface area contributed by atoms with Gasteiger partial charge in [0.25, 0.3) is 0 Å². The van der Waals surface area contributed by atoms with Crippen molar-refractivity contribution >= 4 is 30.2 Å². The molecule has 0 amide bonds. The third-order valence-corrected chi connectivity index (χ3v) is 2.80. The number of methoxy groups -OCH3 is 1. The topological polar surface area (TPSA) is 38.7 Å². The van der Waals surface area contributed by atoms with E-state index in [9.17, 15) is 4.79 Å². The fourth-order valence-corrected chi connectivity index (χ4v) is 1.88. The van der Waals surface area contributed by atoms with Crippen molar-refractivity contribution in [3.63, 3.8) is 0 Å². The third-order valence-electron chi connectivity index (χ3n) is 2.00. The minimum atomic E-state index is -0.318. The van der Waals surface area contributed by atoms with Gasteiger partial charge in [0.05, 0.1) is 12.7 Å². The Balaban J connectivity index is 2.42. The highest BCUT2D eigenvalue weighted by molar-refractivity contribution is 7.98. The summed E-state index contributed by atoms with van der Waals surface area (Å²) < 4.78 is 8.75. The van der Waals surface area contributed by atoms with E-state index in [2.05, 4.69) is 9.13 Å². The van der Waals surface area contributed by atoms with Crippen molar-refractivity contribution in [3.05, 3.63) is 35.4 Å². The molecule has 1 aliphatic rings. The van der Waals surface area contributed by atoms with Crippen LogP contribution >= 0.6 is 11.9 Å². The van der Waals surface area contributed by atoms with Crippen LogP contribution in [0, 0.1) is 0 Å². The Bertz CT molecular complexity index is 452. The summed E-state index contributed by atoms with van der Waals surface area (Å²) in [5.74, 6) is -0.318. The van der Waals surface area contributed by atoms with Crippen LogP contribution in [-0.4, -0.2) is 19.3 Å². The zero-order valence-electron chi connectivity index (χ0n) is 8.14. The van der Waals surface area contributed by atoms with E-state index in [1.807, 2.05) is 18.2 Å². The van der Waals surface area contributed by atoms with Crippen molar-refractivity contribution in [1.82, 2.24) is 0 Å². The largest absolute Gasteiger partial charge is 0.465 e. The Morgan fingerprint density at radius 3 is 3.13 bits per heavy atom. The van der Waals surface area contributed by atoms with Gasteiger partial charge in [-0.1, -0.05) is 6.08 Å². The second kappa shape index (κ2) is 4.31. The molecule has 1 heterocycles. The molecular weight excluding hydrogens is 210 g/mol. The first-order valence-electron chi connectivity index (χ1n) is 4.40. The summed E-state index contributed by atoms with van der Waals surface area (Å²) in [5, 5.41) is 0. The van der Waals surface area contributed by atoms with Gasteiger partial charge in [-0.2, -0.15) is 0 Å². The minimum absolute atomic E-state index is 0.318. The Morgan fingerprint density at radius 2 is 2.33 bits per heavy atom. The number of carbonyl (C=O) groups excluding carboxylic acids is 1. The van der Waals surface area contributed by atoms with Gasteiger partial charge in [0.2, 0.25) is 0 Å². The van der Waals surface area contributed by atoms with E-state index in [-0.39, 0.29) is 5.97 Å². The number of fused-ring (bicyclic) bond motifs is 1. The number of allylic oxidation sites excluding steroid dienone is 1. The van der Waals surface area contributed by atoms with Crippen LogP contribution in [0.15, 0.2) is 33.6 Å². The van der Waals surface area contributed by atoms with E-state index in [1.165, 1.54) is 19.1 Å². The van der Waals surface area contributed by atoms with Crippen molar-refractivity contribution in [2.45, 2.75) is 4.90 Å². The summed E-state index contributed by atoms with van der Waals surface area (Å²) in [4.78, 5) is 12.3. The highest BCUT2D eigenvalue weighted by Crippen LogP contribution is 2.27. The summed E-state index contributed by atoms with van der Waals surface area (Å²) >= 11 is 1.39. The molecule has 0 N–H and O–H groups in total. The number of hydrogen-bond donors (Lipinski definition) is 0. The zero-order valence-corrected chi connectivity index (χ0v) is 8.95. The smallest absolute Gasteiger partial charge is 0.337 e. The summed E-state index contributed by atoms with van der Waals surface area (Å²) in [6, 6.07) is 5.42. The van der Waals surface area contributed by atoms with Crippen LogP contribution in [0.5, 0.6) is 0 Å². The predicted octanol–water partition coefficient (Wildman–Crippen LogP) is 2.58. The molecule has 0 radical (unpaired) electrons. The molecule has 2 rings (SSSR count). The van der Waals surface area contributed by atoms with Gasteiger partial charge in [-0.15, -0.1) is 0 Å². The van der Waals surface area contributed by atoms with Crippen LogP contribution in [0.2, 0.25) is 0 Å². The quantitative estimate of drug-likeness (QED) is 0.538. The molecule has 76 valence electrons. The van der Waals surface area contributed by atoms with Crippen molar-refractivity contribution in [1.29, 1.82) is 0 Å². The molecule has 0 aromatic heterocycles. The molecule has 0 saturated heterocycles. The van der Waals surface area contributed by atoms with Crippen LogP contribution in [0.3, 0.4) is 0 Å². The summed E-state index contributed by atoms with van der Waals surface area (Å²) in [7, 11) is 1.38. The lowest BCUT2D eigenvalue weighted by atomic mass is 10.1. The van der Waals surface area contributed by atoms with Gasteiger partial charge < -0.3 is 4.74 Å². The number of benzene rings is 1. The Kier molecular flexibility index (Phi) is 2.87. The average molecular weight is 219 g/mol. The van der Waals surface area contributed by atoms with Gasteiger partial charge in [0.1, 0.15) is 0 Å². The number of esters is 1. The normalized spacial score (nSPS) is 13.1. The van der Waals surface area contributed by atoms with Gasteiger partial charge in [-0.05, 0) is 29.8 Å². The molecule has 0 saturated carbocycles. The van der Waals surface area contributed by atoms with Crippen LogP contribution in [0.1, 0.15) is 15.9 Å². The summed E-state index contributed by atoms with van der Waals surface area (Å²) in [5.41, 5.74) is 1.55. The predicted molar refractivity (Wildman–Crippen MR) is 61.2 cm³/mol. The van der Waals surface area contributed by atoms with Crippen LogP contribution in [-0.2, 0) is 4.74 Å². The molecule has 3 nitrogen and oxygen atoms in total. The van der Waals surface area contributed by atoms with E-state index in [0.717, 1.165) is 10.5 Å². The monoisotopic (exact) mass is 219 g/mol. The lowest BCUT2D eigenvalue weighted by Crippen LogP contribution is -2.01. The standard InChI is InChI=1S/C11H9NO2S/c1-14-11(13)9-4-5-10-8(7-9)3-2-6-12-15-10/h2-7H,1H3. The van der Waals surface area contributed by atoms with Gasteiger partial charge in [-0.25, -0.2) is 9.19 Å². The molecule has 0 atom stereocenters. The molecule has 0 aliphatic carbocycles. The maximum Gasteiger partial charge on any atom is 0.337 e. The maximum atomic E-state index is 11.3. The Labute approximate surface area is 92.0 Å². The van der Waals surface area contributed by atoms with Crippen molar-refractivity contribution in [3.8, 4) is 0 Å². The summed E-state index contributed by atoms with van der Waals surface area (Å²) in [6.45, 7) is 0. The molecule has 0 unspecified atom stereocenters. The van der Waals surface area contributed by atoms with Gasteiger partial charge in [-0.3, -0.25) is 0 Å². The summed E-state index contributed by atoms with van der Waals surface area (Å²) in [6.07, 6.45) is 5.49. The van der Waals surface area contributed by atoms with E-state index >= 15 is 0 Å². The Morgan fingerprint density at radius 1 is 1.47 bits per heavy atom. The van der Waals surface area contributed by atoms with Gasteiger partial charge in [0.15, 0.2) is 0 Å². The van der Waals surface area contributed by atoms with E-state index in [0.29, 0.717) is 5.56 Å².